The first-order valence-electron chi connectivity index (χ1n) is 11.4. The van der Waals surface area contributed by atoms with Gasteiger partial charge in [-0.2, -0.15) is 0 Å². The van der Waals surface area contributed by atoms with Crippen molar-refractivity contribution >= 4 is 29.3 Å². The minimum atomic E-state index is -0.467. The summed E-state index contributed by atoms with van der Waals surface area (Å²) in [6.07, 6.45) is 3.77. The van der Waals surface area contributed by atoms with Crippen LogP contribution in [0.15, 0.2) is 18.2 Å². The first-order chi connectivity index (χ1) is 15.0. The summed E-state index contributed by atoms with van der Waals surface area (Å²) in [5, 5.41) is 0.483. The smallest absolute Gasteiger partial charge is 0.410 e. The fraction of sp³-hybridized carbons (Fsp3) is 0.667. The Morgan fingerprint density at radius 3 is 2.06 bits per heavy atom. The van der Waals surface area contributed by atoms with E-state index in [9.17, 15) is 9.59 Å². The molecule has 2 amide bonds. The molecular weight excluding hydrogens is 430 g/mol. The number of rotatable bonds is 4. The molecular formula is C24H36ClN3O4. The quantitative estimate of drug-likeness (QED) is 0.658. The van der Waals surface area contributed by atoms with Gasteiger partial charge in [0.15, 0.2) is 0 Å². The number of ether oxygens (including phenoxy) is 2. The summed E-state index contributed by atoms with van der Waals surface area (Å²) in [4.78, 5) is 30.0. The third-order valence-corrected chi connectivity index (χ3v) is 6.19. The van der Waals surface area contributed by atoms with E-state index >= 15 is 0 Å². The number of carbonyl (C=O) groups excluding carboxylic acids is 2. The minimum Gasteiger partial charge on any atom is -0.444 e. The van der Waals surface area contributed by atoms with Gasteiger partial charge < -0.3 is 24.2 Å². The number of halogens is 1. The molecule has 2 aliphatic rings. The summed E-state index contributed by atoms with van der Waals surface area (Å²) in [5.74, 6) is -0.0913. The van der Waals surface area contributed by atoms with Gasteiger partial charge in [-0.3, -0.25) is 4.79 Å². The molecule has 0 radical (unpaired) electrons. The summed E-state index contributed by atoms with van der Waals surface area (Å²) in [7, 11) is 3.44. The molecule has 32 heavy (non-hydrogen) atoms. The van der Waals surface area contributed by atoms with E-state index in [1.165, 1.54) is 4.90 Å². The fourth-order valence-electron chi connectivity index (χ4n) is 4.14. The molecule has 0 aliphatic carbocycles. The van der Waals surface area contributed by atoms with Gasteiger partial charge in [-0.15, -0.1) is 0 Å². The van der Waals surface area contributed by atoms with Crippen LogP contribution in [-0.4, -0.2) is 79.9 Å². The molecule has 178 valence electrons. The Hall–Kier alpha value is -1.99. The van der Waals surface area contributed by atoms with Crippen molar-refractivity contribution in [3.8, 4) is 0 Å². The maximum atomic E-state index is 12.2. The van der Waals surface area contributed by atoms with Crippen LogP contribution in [0.5, 0.6) is 0 Å². The van der Waals surface area contributed by atoms with E-state index in [1.807, 2.05) is 32.9 Å². The topological polar surface area (TPSA) is 62.3 Å². The standard InChI is InChI=1S/C24H36ClN3O4/c1-24(2,3)32-23(30)28-14-10-19(11-15-28)31-18-8-12-27(13-9-18)17-6-7-20(21(25)16-17)22(29)26(4)5/h6-7,16,18-19H,8-15H2,1-5H3. The Morgan fingerprint density at radius 1 is 1.00 bits per heavy atom. The number of benzene rings is 1. The molecule has 8 heteroatoms. The van der Waals surface area contributed by atoms with Crippen LogP contribution in [0.1, 0.15) is 56.8 Å². The number of hydrogen-bond donors (Lipinski definition) is 0. The van der Waals surface area contributed by atoms with Crippen LogP contribution in [0.4, 0.5) is 10.5 Å². The van der Waals surface area contributed by atoms with E-state index in [2.05, 4.69) is 4.90 Å². The van der Waals surface area contributed by atoms with Crippen molar-refractivity contribution in [1.82, 2.24) is 9.80 Å². The fourth-order valence-corrected chi connectivity index (χ4v) is 4.39. The lowest BCUT2D eigenvalue weighted by Crippen LogP contribution is -2.45. The molecule has 2 aliphatic heterocycles. The monoisotopic (exact) mass is 465 g/mol. The predicted octanol–water partition coefficient (Wildman–Crippen LogP) is 4.43. The maximum Gasteiger partial charge on any atom is 0.410 e. The first kappa shape index (κ1) is 24.6. The van der Waals surface area contributed by atoms with Crippen molar-refractivity contribution in [2.24, 2.45) is 0 Å². The minimum absolute atomic E-state index is 0.0913. The Morgan fingerprint density at radius 2 is 1.56 bits per heavy atom. The second-order valence-corrected chi connectivity index (χ2v) is 10.3. The van der Waals surface area contributed by atoms with Crippen LogP contribution >= 0.6 is 11.6 Å². The lowest BCUT2D eigenvalue weighted by Gasteiger charge is -2.38. The van der Waals surface area contributed by atoms with Crippen molar-refractivity contribution < 1.29 is 19.1 Å². The molecule has 0 saturated carbocycles. The van der Waals surface area contributed by atoms with Crippen LogP contribution in [0.25, 0.3) is 0 Å². The van der Waals surface area contributed by atoms with Crippen molar-refractivity contribution in [1.29, 1.82) is 0 Å². The van der Waals surface area contributed by atoms with Gasteiger partial charge in [-0.05, 0) is 64.7 Å². The molecule has 1 aromatic carbocycles. The van der Waals surface area contributed by atoms with Crippen molar-refractivity contribution in [2.75, 3.05) is 45.2 Å². The second-order valence-electron chi connectivity index (χ2n) is 9.85. The number of amides is 2. The highest BCUT2D eigenvalue weighted by atomic mass is 35.5. The average Bonchev–Trinajstić information content (AvgIpc) is 2.73. The SMILES string of the molecule is CN(C)C(=O)c1ccc(N2CCC(OC3CCN(C(=O)OC(C)(C)C)CC3)CC2)cc1Cl. The zero-order chi connectivity index (χ0) is 23.5. The highest BCUT2D eigenvalue weighted by Crippen LogP contribution is 2.28. The molecule has 0 unspecified atom stereocenters. The molecule has 0 spiro atoms. The molecule has 2 saturated heterocycles. The van der Waals surface area contributed by atoms with Crippen LogP contribution < -0.4 is 4.90 Å². The Labute approximate surface area is 196 Å². The lowest BCUT2D eigenvalue weighted by molar-refractivity contribution is -0.0535. The number of piperidine rings is 2. The van der Waals surface area contributed by atoms with Gasteiger partial charge in [0, 0.05) is 46.0 Å². The summed E-state index contributed by atoms with van der Waals surface area (Å²) < 4.78 is 11.8. The molecule has 0 aromatic heterocycles. The van der Waals surface area contributed by atoms with Gasteiger partial charge >= 0.3 is 6.09 Å². The van der Waals surface area contributed by atoms with Gasteiger partial charge in [0.1, 0.15) is 5.60 Å². The molecule has 0 atom stereocenters. The Bertz CT molecular complexity index is 808. The normalized spacial score (nSPS) is 18.6. The number of hydrogen-bond acceptors (Lipinski definition) is 5. The third kappa shape index (κ3) is 6.51. The molecule has 2 fully saturated rings. The molecule has 7 nitrogen and oxygen atoms in total. The summed E-state index contributed by atoms with van der Waals surface area (Å²) >= 11 is 6.38. The van der Waals surface area contributed by atoms with Crippen LogP contribution in [-0.2, 0) is 9.47 Å². The van der Waals surface area contributed by atoms with E-state index in [4.69, 9.17) is 21.1 Å². The van der Waals surface area contributed by atoms with E-state index in [0.29, 0.717) is 23.7 Å². The van der Waals surface area contributed by atoms with E-state index in [-0.39, 0.29) is 24.2 Å². The Balaban J connectivity index is 1.44. The van der Waals surface area contributed by atoms with Crippen LogP contribution in [0.2, 0.25) is 5.02 Å². The van der Waals surface area contributed by atoms with Gasteiger partial charge in [0.25, 0.3) is 5.91 Å². The first-order valence-corrected chi connectivity index (χ1v) is 11.8. The van der Waals surface area contributed by atoms with E-state index in [0.717, 1.165) is 44.5 Å². The second kappa shape index (κ2) is 10.3. The highest BCUT2D eigenvalue weighted by Gasteiger charge is 2.30. The average molecular weight is 466 g/mol. The predicted molar refractivity (Wildman–Crippen MR) is 127 cm³/mol. The third-order valence-electron chi connectivity index (χ3n) is 5.87. The van der Waals surface area contributed by atoms with Gasteiger partial charge in [-0.1, -0.05) is 11.6 Å². The number of nitrogens with zero attached hydrogens (tertiary/aromatic N) is 3. The largest absolute Gasteiger partial charge is 0.444 e. The molecule has 0 bridgehead atoms. The zero-order valence-electron chi connectivity index (χ0n) is 19.9. The highest BCUT2D eigenvalue weighted by molar-refractivity contribution is 6.34. The number of likely N-dealkylation sites (tertiary alicyclic amines) is 1. The summed E-state index contributed by atoms with van der Waals surface area (Å²) in [6.45, 7) is 8.79. The van der Waals surface area contributed by atoms with Crippen molar-refractivity contribution in [3.63, 3.8) is 0 Å². The van der Waals surface area contributed by atoms with Gasteiger partial charge in [-0.25, -0.2) is 4.79 Å². The number of anilines is 1. The zero-order valence-corrected chi connectivity index (χ0v) is 20.7. The van der Waals surface area contributed by atoms with Crippen molar-refractivity contribution in [2.45, 2.75) is 64.3 Å². The van der Waals surface area contributed by atoms with Crippen molar-refractivity contribution in [3.05, 3.63) is 28.8 Å². The molecule has 1 aromatic rings. The van der Waals surface area contributed by atoms with E-state index in [1.54, 1.807) is 25.1 Å². The van der Waals surface area contributed by atoms with Gasteiger partial charge in [0.2, 0.25) is 0 Å². The lowest BCUT2D eigenvalue weighted by atomic mass is 10.0. The molecule has 3 rings (SSSR count). The maximum absolute atomic E-state index is 12.2. The summed E-state index contributed by atoms with van der Waals surface area (Å²) in [5.41, 5.74) is 1.09. The summed E-state index contributed by atoms with van der Waals surface area (Å²) in [6, 6.07) is 5.66. The van der Waals surface area contributed by atoms with Crippen LogP contribution in [0, 0.1) is 0 Å². The van der Waals surface area contributed by atoms with Crippen LogP contribution in [0.3, 0.4) is 0 Å². The molecule has 2 heterocycles. The number of carbonyl (C=O) groups is 2. The molecule has 0 N–H and O–H groups in total. The Kier molecular flexibility index (Phi) is 7.93. The van der Waals surface area contributed by atoms with Gasteiger partial charge in [0.05, 0.1) is 22.8 Å². The van der Waals surface area contributed by atoms with E-state index < -0.39 is 5.60 Å².